The van der Waals surface area contributed by atoms with E-state index in [0.29, 0.717) is 17.1 Å². The second kappa shape index (κ2) is 7.72. The summed E-state index contributed by atoms with van der Waals surface area (Å²) in [5.41, 5.74) is 6.70. The van der Waals surface area contributed by atoms with Gasteiger partial charge in [0.25, 0.3) is 0 Å². The number of hydrogen-bond donors (Lipinski definition) is 1. The molecule has 0 saturated carbocycles. The molecule has 1 aromatic rings. The molecule has 0 aromatic heterocycles. The van der Waals surface area contributed by atoms with E-state index in [9.17, 15) is 9.59 Å². The lowest BCUT2D eigenvalue weighted by molar-refractivity contribution is -0.143. The molecule has 0 bridgehead atoms. The van der Waals surface area contributed by atoms with Crippen LogP contribution in [-0.4, -0.2) is 32.3 Å². The number of carbonyl (C=O) groups excluding carboxylic acids is 2. The maximum atomic E-state index is 12.3. The van der Waals surface area contributed by atoms with Gasteiger partial charge in [0.2, 0.25) is 5.88 Å². The standard InChI is InChI=1S/C17H21NO6/c1-4-22-14(19)9-12-11-7-6-10(21-3)8-13(11)24-16(18)15(12)17(20)23-5-2/h6-8,12H,4-5,9,18H2,1-3H3. The zero-order valence-electron chi connectivity index (χ0n) is 14.0. The zero-order valence-corrected chi connectivity index (χ0v) is 14.0. The van der Waals surface area contributed by atoms with Gasteiger partial charge in [-0.2, -0.15) is 0 Å². The Morgan fingerprint density at radius 1 is 1.21 bits per heavy atom. The van der Waals surface area contributed by atoms with E-state index in [4.69, 9.17) is 24.7 Å². The molecular weight excluding hydrogens is 314 g/mol. The number of hydrogen-bond acceptors (Lipinski definition) is 7. The third kappa shape index (κ3) is 3.61. The fourth-order valence-corrected chi connectivity index (χ4v) is 2.57. The summed E-state index contributed by atoms with van der Waals surface area (Å²) < 4.78 is 20.8. The van der Waals surface area contributed by atoms with Crippen molar-refractivity contribution < 1.29 is 28.5 Å². The van der Waals surface area contributed by atoms with E-state index in [0.717, 1.165) is 0 Å². The van der Waals surface area contributed by atoms with E-state index < -0.39 is 17.9 Å². The first-order valence-corrected chi connectivity index (χ1v) is 7.69. The van der Waals surface area contributed by atoms with Crippen LogP contribution in [-0.2, 0) is 19.1 Å². The molecule has 24 heavy (non-hydrogen) atoms. The van der Waals surface area contributed by atoms with Crippen LogP contribution in [0.2, 0.25) is 0 Å². The molecule has 1 aliphatic rings. The summed E-state index contributed by atoms with van der Waals surface area (Å²) in [5, 5.41) is 0. The second-order valence-electron chi connectivity index (χ2n) is 5.07. The molecule has 2 N–H and O–H groups in total. The smallest absolute Gasteiger partial charge is 0.340 e. The van der Waals surface area contributed by atoms with Crippen molar-refractivity contribution in [1.82, 2.24) is 0 Å². The van der Waals surface area contributed by atoms with Gasteiger partial charge in [-0.3, -0.25) is 4.79 Å². The van der Waals surface area contributed by atoms with Crippen LogP contribution in [0.25, 0.3) is 0 Å². The van der Waals surface area contributed by atoms with Crippen molar-refractivity contribution in [3.63, 3.8) is 0 Å². The van der Waals surface area contributed by atoms with Crippen LogP contribution in [0.4, 0.5) is 0 Å². The topological polar surface area (TPSA) is 97.1 Å². The summed E-state index contributed by atoms with van der Waals surface area (Å²) in [5.74, 6) is -0.696. The maximum Gasteiger partial charge on any atom is 0.340 e. The number of rotatable bonds is 6. The highest BCUT2D eigenvalue weighted by atomic mass is 16.5. The van der Waals surface area contributed by atoms with Crippen molar-refractivity contribution >= 4 is 11.9 Å². The van der Waals surface area contributed by atoms with Crippen LogP contribution in [0.3, 0.4) is 0 Å². The largest absolute Gasteiger partial charge is 0.497 e. The summed E-state index contributed by atoms with van der Waals surface area (Å²) in [6.45, 7) is 3.86. The predicted molar refractivity (Wildman–Crippen MR) is 85.5 cm³/mol. The Morgan fingerprint density at radius 2 is 1.92 bits per heavy atom. The van der Waals surface area contributed by atoms with Crippen molar-refractivity contribution in [2.24, 2.45) is 5.73 Å². The molecule has 0 saturated heterocycles. The molecule has 0 spiro atoms. The summed E-state index contributed by atoms with van der Waals surface area (Å²) >= 11 is 0. The molecule has 1 atom stereocenters. The van der Waals surface area contributed by atoms with Gasteiger partial charge in [0.15, 0.2) is 0 Å². The van der Waals surface area contributed by atoms with Gasteiger partial charge in [-0.25, -0.2) is 4.79 Å². The Hall–Kier alpha value is -2.70. The van der Waals surface area contributed by atoms with Crippen molar-refractivity contribution in [1.29, 1.82) is 0 Å². The lowest BCUT2D eigenvalue weighted by Gasteiger charge is -2.27. The SMILES string of the molecule is CCOC(=O)CC1C(C(=O)OCC)=C(N)Oc2cc(OC)ccc21. The van der Waals surface area contributed by atoms with E-state index in [2.05, 4.69) is 0 Å². The summed E-state index contributed by atoms with van der Waals surface area (Å²) in [6.07, 6.45) is -0.0363. The number of methoxy groups -OCH3 is 1. The maximum absolute atomic E-state index is 12.3. The number of benzene rings is 1. The first-order valence-electron chi connectivity index (χ1n) is 7.69. The average Bonchev–Trinajstić information content (AvgIpc) is 2.54. The fourth-order valence-electron chi connectivity index (χ4n) is 2.57. The lowest BCUT2D eigenvalue weighted by Crippen LogP contribution is -2.28. The van der Waals surface area contributed by atoms with Crippen LogP contribution in [0.15, 0.2) is 29.7 Å². The van der Waals surface area contributed by atoms with Gasteiger partial charge in [0.1, 0.15) is 17.1 Å². The number of ether oxygens (including phenoxy) is 4. The van der Waals surface area contributed by atoms with Crippen molar-refractivity contribution in [3.8, 4) is 11.5 Å². The van der Waals surface area contributed by atoms with E-state index in [1.807, 2.05) is 0 Å². The lowest BCUT2D eigenvalue weighted by atomic mass is 9.86. The summed E-state index contributed by atoms with van der Waals surface area (Å²) in [6, 6.07) is 5.12. The quantitative estimate of drug-likeness (QED) is 0.792. The highest BCUT2D eigenvalue weighted by Gasteiger charge is 2.36. The van der Waals surface area contributed by atoms with Crippen molar-refractivity contribution in [2.45, 2.75) is 26.2 Å². The molecule has 0 aliphatic carbocycles. The molecule has 7 heteroatoms. The molecule has 1 heterocycles. The van der Waals surface area contributed by atoms with E-state index in [1.165, 1.54) is 7.11 Å². The fraction of sp³-hybridized carbons (Fsp3) is 0.412. The Labute approximate surface area is 140 Å². The van der Waals surface area contributed by atoms with Crippen LogP contribution in [0, 0.1) is 0 Å². The van der Waals surface area contributed by atoms with Gasteiger partial charge in [0, 0.05) is 17.5 Å². The monoisotopic (exact) mass is 335 g/mol. The molecule has 1 aliphatic heterocycles. The van der Waals surface area contributed by atoms with E-state index in [-0.39, 0.29) is 31.1 Å². The zero-order chi connectivity index (χ0) is 17.7. The molecule has 1 unspecified atom stereocenters. The molecule has 130 valence electrons. The van der Waals surface area contributed by atoms with Crippen LogP contribution in [0.5, 0.6) is 11.5 Å². The van der Waals surface area contributed by atoms with E-state index in [1.54, 1.807) is 32.0 Å². The highest BCUT2D eigenvalue weighted by molar-refractivity contribution is 5.92. The molecule has 7 nitrogen and oxygen atoms in total. The number of esters is 2. The Kier molecular flexibility index (Phi) is 5.68. The number of carbonyl (C=O) groups is 2. The Balaban J connectivity index is 2.45. The molecule has 0 fully saturated rings. The molecule has 2 rings (SSSR count). The van der Waals surface area contributed by atoms with Gasteiger partial charge in [-0.1, -0.05) is 6.07 Å². The summed E-state index contributed by atoms with van der Waals surface area (Å²) in [4.78, 5) is 24.2. The third-order valence-electron chi connectivity index (χ3n) is 3.60. The average molecular weight is 335 g/mol. The van der Waals surface area contributed by atoms with Crippen LogP contribution >= 0.6 is 0 Å². The molecule has 1 aromatic carbocycles. The van der Waals surface area contributed by atoms with Gasteiger partial charge in [0.05, 0.1) is 26.7 Å². The van der Waals surface area contributed by atoms with Crippen molar-refractivity contribution in [3.05, 3.63) is 35.2 Å². The predicted octanol–water partition coefficient (Wildman–Crippen LogP) is 1.86. The van der Waals surface area contributed by atoms with Gasteiger partial charge >= 0.3 is 11.9 Å². The van der Waals surface area contributed by atoms with Crippen LogP contribution < -0.4 is 15.2 Å². The molecule has 0 radical (unpaired) electrons. The Bertz CT molecular complexity index is 667. The van der Waals surface area contributed by atoms with Gasteiger partial charge < -0.3 is 24.7 Å². The first-order chi connectivity index (χ1) is 11.5. The minimum absolute atomic E-state index is 0.0363. The number of fused-ring (bicyclic) bond motifs is 1. The van der Waals surface area contributed by atoms with Gasteiger partial charge in [-0.15, -0.1) is 0 Å². The normalized spacial score (nSPS) is 16.0. The van der Waals surface area contributed by atoms with Gasteiger partial charge in [-0.05, 0) is 19.9 Å². The second-order valence-corrected chi connectivity index (χ2v) is 5.07. The highest BCUT2D eigenvalue weighted by Crippen LogP contribution is 2.42. The Morgan fingerprint density at radius 3 is 2.54 bits per heavy atom. The minimum atomic E-state index is -0.606. The number of nitrogens with two attached hydrogens (primary N) is 1. The molecule has 0 amide bonds. The minimum Gasteiger partial charge on any atom is -0.497 e. The third-order valence-corrected chi connectivity index (χ3v) is 3.60. The first kappa shape index (κ1) is 17.7. The van der Waals surface area contributed by atoms with Crippen molar-refractivity contribution in [2.75, 3.05) is 20.3 Å². The van der Waals surface area contributed by atoms with E-state index >= 15 is 0 Å². The molecular formula is C17H21NO6. The van der Waals surface area contributed by atoms with Crippen LogP contribution in [0.1, 0.15) is 31.7 Å². The summed E-state index contributed by atoms with van der Waals surface area (Å²) in [7, 11) is 1.53.